The normalized spacial score (nSPS) is 10.4. The molecule has 6 heteroatoms. The molecule has 0 spiro atoms. The van der Waals surface area contributed by atoms with E-state index in [1.54, 1.807) is 4.68 Å². The topological polar surface area (TPSA) is 86.7 Å². The van der Waals surface area contributed by atoms with Crippen LogP contribution in [0.5, 0.6) is 0 Å². The Morgan fingerprint density at radius 3 is 2.76 bits per heavy atom. The molecule has 0 aliphatic carbocycles. The van der Waals surface area contributed by atoms with Crippen molar-refractivity contribution in [3.05, 3.63) is 41.7 Å². The lowest BCUT2D eigenvalue weighted by Crippen LogP contribution is -2.18. The van der Waals surface area contributed by atoms with Crippen molar-refractivity contribution >= 4 is 5.91 Å². The van der Waals surface area contributed by atoms with Gasteiger partial charge in [-0.3, -0.25) is 4.79 Å². The SMILES string of the molecule is NC(=O)Cc1nnnn1CCc1ccccc1. The fourth-order valence-corrected chi connectivity index (χ4v) is 1.56. The summed E-state index contributed by atoms with van der Waals surface area (Å²) >= 11 is 0. The maximum absolute atomic E-state index is 10.8. The highest BCUT2D eigenvalue weighted by Crippen LogP contribution is 2.02. The van der Waals surface area contributed by atoms with Gasteiger partial charge < -0.3 is 5.73 Å². The van der Waals surface area contributed by atoms with Gasteiger partial charge in [-0.05, 0) is 22.4 Å². The summed E-state index contributed by atoms with van der Waals surface area (Å²) in [6.07, 6.45) is 0.888. The van der Waals surface area contributed by atoms with E-state index in [0.717, 1.165) is 6.42 Å². The molecule has 0 saturated carbocycles. The van der Waals surface area contributed by atoms with Crippen molar-refractivity contribution in [3.8, 4) is 0 Å². The van der Waals surface area contributed by atoms with E-state index in [0.29, 0.717) is 12.4 Å². The van der Waals surface area contributed by atoms with Crippen molar-refractivity contribution in [2.24, 2.45) is 5.73 Å². The Labute approximate surface area is 98.4 Å². The quantitative estimate of drug-likeness (QED) is 0.781. The number of rotatable bonds is 5. The van der Waals surface area contributed by atoms with Crippen LogP contribution in [-0.2, 0) is 24.2 Å². The van der Waals surface area contributed by atoms with E-state index in [1.165, 1.54) is 5.56 Å². The minimum Gasteiger partial charge on any atom is -0.369 e. The summed E-state index contributed by atoms with van der Waals surface area (Å²) in [7, 11) is 0. The highest BCUT2D eigenvalue weighted by molar-refractivity contribution is 5.75. The molecule has 0 unspecified atom stereocenters. The van der Waals surface area contributed by atoms with Crippen molar-refractivity contribution in [2.45, 2.75) is 19.4 Å². The Bertz CT molecular complexity index is 494. The zero-order valence-corrected chi connectivity index (χ0v) is 9.28. The summed E-state index contributed by atoms with van der Waals surface area (Å²) < 4.78 is 1.61. The first-order valence-corrected chi connectivity index (χ1v) is 5.33. The summed E-state index contributed by atoms with van der Waals surface area (Å²) in [5.74, 6) is 0.0780. The Morgan fingerprint density at radius 1 is 1.29 bits per heavy atom. The Kier molecular flexibility index (Phi) is 3.44. The average molecular weight is 231 g/mol. The number of hydrogen-bond acceptors (Lipinski definition) is 4. The Morgan fingerprint density at radius 2 is 2.06 bits per heavy atom. The number of nitrogens with zero attached hydrogens (tertiary/aromatic N) is 4. The monoisotopic (exact) mass is 231 g/mol. The lowest BCUT2D eigenvalue weighted by Gasteiger charge is -2.03. The molecule has 2 aromatic rings. The molecule has 6 nitrogen and oxygen atoms in total. The van der Waals surface area contributed by atoms with Crippen molar-refractivity contribution in [2.75, 3.05) is 0 Å². The molecule has 1 aromatic carbocycles. The number of hydrogen-bond donors (Lipinski definition) is 1. The standard InChI is InChI=1S/C11H13N5O/c12-10(17)8-11-13-14-15-16(11)7-6-9-4-2-1-3-5-9/h1-5H,6-8H2,(H2,12,17). The predicted octanol–water partition coefficient (Wildman–Crippen LogP) is -0.0564. The molecule has 0 aliphatic rings. The summed E-state index contributed by atoms with van der Waals surface area (Å²) in [5, 5.41) is 11.1. The van der Waals surface area contributed by atoms with Gasteiger partial charge in [0.25, 0.3) is 0 Å². The molecule has 88 valence electrons. The van der Waals surface area contributed by atoms with Crippen LogP contribution in [0.1, 0.15) is 11.4 Å². The second-order valence-electron chi connectivity index (χ2n) is 3.70. The van der Waals surface area contributed by atoms with E-state index < -0.39 is 5.91 Å². The second kappa shape index (κ2) is 5.20. The van der Waals surface area contributed by atoms with Crippen LogP contribution in [-0.4, -0.2) is 26.1 Å². The maximum Gasteiger partial charge on any atom is 0.225 e. The molecule has 1 amide bonds. The van der Waals surface area contributed by atoms with Crippen LogP contribution < -0.4 is 5.73 Å². The van der Waals surface area contributed by atoms with Gasteiger partial charge in [0.05, 0.1) is 6.42 Å². The second-order valence-corrected chi connectivity index (χ2v) is 3.70. The molecule has 0 bridgehead atoms. The van der Waals surface area contributed by atoms with Gasteiger partial charge in [-0.25, -0.2) is 4.68 Å². The number of benzene rings is 1. The van der Waals surface area contributed by atoms with Crippen molar-refractivity contribution < 1.29 is 4.79 Å². The van der Waals surface area contributed by atoms with Crippen molar-refractivity contribution in [3.63, 3.8) is 0 Å². The Balaban J connectivity index is 2.00. The molecule has 17 heavy (non-hydrogen) atoms. The number of nitrogens with two attached hydrogens (primary N) is 1. The molecular formula is C11H13N5O. The first-order valence-electron chi connectivity index (χ1n) is 5.33. The fraction of sp³-hybridized carbons (Fsp3) is 0.273. The van der Waals surface area contributed by atoms with Crippen molar-refractivity contribution in [1.29, 1.82) is 0 Å². The zero-order chi connectivity index (χ0) is 12.1. The molecule has 1 aromatic heterocycles. The number of amides is 1. The van der Waals surface area contributed by atoms with Crippen LogP contribution in [0.3, 0.4) is 0 Å². The fourth-order valence-electron chi connectivity index (χ4n) is 1.56. The largest absolute Gasteiger partial charge is 0.369 e. The third-order valence-corrected chi connectivity index (χ3v) is 2.39. The third-order valence-electron chi connectivity index (χ3n) is 2.39. The molecule has 0 saturated heterocycles. The molecule has 0 radical (unpaired) electrons. The van der Waals surface area contributed by atoms with Gasteiger partial charge in [-0.2, -0.15) is 0 Å². The van der Waals surface area contributed by atoms with Gasteiger partial charge in [0.2, 0.25) is 5.91 Å². The number of carbonyl (C=O) groups is 1. The van der Waals surface area contributed by atoms with Gasteiger partial charge in [-0.1, -0.05) is 30.3 Å². The molecule has 0 fully saturated rings. The van der Waals surface area contributed by atoms with E-state index in [9.17, 15) is 4.79 Å². The van der Waals surface area contributed by atoms with Crippen LogP contribution in [0.25, 0.3) is 0 Å². The van der Waals surface area contributed by atoms with Gasteiger partial charge in [0.15, 0.2) is 5.82 Å². The van der Waals surface area contributed by atoms with Gasteiger partial charge >= 0.3 is 0 Å². The van der Waals surface area contributed by atoms with E-state index in [1.807, 2.05) is 30.3 Å². The predicted molar refractivity (Wildman–Crippen MR) is 60.9 cm³/mol. The maximum atomic E-state index is 10.8. The Hall–Kier alpha value is -2.24. The summed E-state index contributed by atoms with van der Waals surface area (Å²) in [6.45, 7) is 0.639. The van der Waals surface area contributed by atoms with Gasteiger partial charge in [0, 0.05) is 6.54 Å². The van der Waals surface area contributed by atoms with E-state index in [4.69, 9.17) is 5.73 Å². The molecular weight excluding hydrogens is 218 g/mol. The van der Waals surface area contributed by atoms with E-state index in [2.05, 4.69) is 15.5 Å². The van der Waals surface area contributed by atoms with Crippen LogP contribution in [0, 0.1) is 0 Å². The number of tetrazole rings is 1. The van der Waals surface area contributed by atoms with Crippen LogP contribution in [0.4, 0.5) is 0 Å². The number of carbonyl (C=O) groups excluding carboxylic acids is 1. The van der Waals surface area contributed by atoms with Crippen molar-refractivity contribution in [1.82, 2.24) is 20.2 Å². The lowest BCUT2D eigenvalue weighted by atomic mass is 10.1. The number of primary amides is 1. The highest BCUT2D eigenvalue weighted by atomic mass is 16.1. The third kappa shape index (κ3) is 3.10. The summed E-state index contributed by atoms with van der Waals surface area (Å²) in [4.78, 5) is 10.8. The first-order chi connectivity index (χ1) is 8.25. The molecule has 0 atom stereocenters. The average Bonchev–Trinajstić information content (AvgIpc) is 2.74. The van der Waals surface area contributed by atoms with E-state index in [-0.39, 0.29) is 6.42 Å². The highest BCUT2D eigenvalue weighted by Gasteiger charge is 2.08. The van der Waals surface area contributed by atoms with Crippen LogP contribution in [0.2, 0.25) is 0 Å². The van der Waals surface area contributed by atoms with Crippen LogP contribution in [0.15, 0.2) is 30.3 Å². The summed E-state index contributed by atoms with van der Waals surface area (Å²) in [6, 6.07) is 10.0. The van der Waals surface area contributed by atoms with Gasteiger partial charge in [-0.15, -0.1) is 5.10 Å². The van der Waals surface area contributed by atoms with Crippen LogP contribution >= 0.6 is 0 Å². The number of aromatic nitrogens is 4. The smallest absolute Gasteiger partial charge is 0.225 e. The first kappa shape index (κ1) is 11.3. The molecule has 2 N–H and O–H groups in total. The zero-order valence-electron chi connectivity index (χ0n) is 9.28. The molecule has 2 rings (SSSR count). The lowest BCUT2D eigenvalue weighted by molar-refractivity contribution is -0.117. The minimum absolute atomic E-state index is 0.0712. The number of aryl methyl sites for hydroxylation is 2. The minimum atomic E-state index is -0.430. The van der Waals surface area contributed by atoms with E-state index >= 15 is 0 Å². The molecule has 0 aliphatic heterocycles. The summed E-state index contributed by atoms with van der Waals surface area (Å²) in [5.41, 5.74) is 6.31. The molecule has 1 heterocycles. The van der Waals surface area contributed by atoms with Gasteiger partial charge in [0.1, 0.15) is 0 Å².